The lowest BCUT2D eigenvalue weighted by Crippen LogP contribution is -1.94. The van der Waals surface area contributed by atoms with E-state index in [4.69, 9.17) is 0 Å². The molecule has 0 aliphatic rings. The fourth-order valence-electron chi connectivity index (χ4n) is 7.23. The molecule has 8 aromatic rings. The maximum atomic E-state index is 3.39. The van der Waals surface area contributed by atoms with Crippen LogP contribution >= 0.6 is 0 Å². The Kier molecular flexibility index (Phi) is 27.1. The van der Waals surface area contributed by atoms with E-state index in [1.54, 1.807) is 0 Å². The second kappa shape index (κ2) is 33.0. The summed E-state index contributed by atoms with van der Waals surface area (Å²) in [5.74, 6) is 2.69. The standard InChI is InChI=1S/2C19H17N.C13H20.C12H18.2C2H6/c2*1-3-7-16(8-4-1)15-17-11-13-19(14-12-17)20-18-9-5-2-6-10-18;1-10(2)9-12-5-7-13(8-6-12)11(3)4;1-9(2)11-5-7-12(8-6-11)10(3)4;2*1-2/h2*1-14,20H,15H2;5-8,10-11H,9H2,1-4H3;5-10H,1-4H3;2*1-2H3. The lowest BCUT2D eigenvalue weighted by Gasteiger charge is -2.08. The van der Waals surface area contributed by atoms with E-state index in [0.29, 0.717) is 17.8 Å². The van der Waals surface area contributed by atoms with Crippen LogP contribution in [0.25, 0.3) is 0 Å². The number of hydrogen-bond donors (Lipinski definition) is 2. The lowest BCUT2D eigenvalue weighted by molar-refractivity contribution is 0.647. The van der Waals surface area contributed by atoms with Crippen molar-refractivity contribution < 1.29 is 0 Å². The van der Waals surface area contributed by atoms with Crippen LogP contribution in [-0.4, -0.2) is 0 Å². The number of hydrogen-bond acceptors (Lipinski definition) is 2. The zero-order valence-electron chi connectivity index (χ0n) is 44.2. The molecule has 0 fully saturated rings. The van der Waals surface area contributed by atoms with Gasteiger partial charge in [0.1, 0.15) is 0 Å². The zero-order valence-corrected chi connectivity index (χ0v) is 44.2. The average Bonchev–Trinajstić information content (AvgIpc) is 3.38. The van der Waals surface area contributed by atoms with Crippen LogP contribution in [0.1, 0.15) is 145 Å². The molecular formula is C67H84N2. The summed E-state index contributed by atoms with van der Waals surface area (Å²) < 4.78 is 0. The fourth-order valence-corrected chi connectivity index (χ4v) is 7.23. The van der Waals surface area contributed by atoms with Gasteiger partial charge in [0.25, 0.3) is 0 Å². The molecule has 0 saturated carbocycles. The molecule has 0 atom stereocenters. The topological polar surface area (TPSA) is 24.1 Å². The summed E-state index contributed by atoms with van der Waals surface area (Å²) in [7, 11) is 0. The lowest BCUT2D eigenvalue weighted by atomic mass is 9.97. The maximum absolute atomic E-state index is 3.39. The van der Waals surface area contributed by atoms with Gasteiger partial charge in [-0.05, 0) is 136 Å². The Morgan fingerprint density at radius 1 is 0.261 bits per heavy atom. The van der Waals surface area contributed by atoms with E-state index in [1.807, 2.05) is 64.1 Å². The number of nitrogens with one attached hydrogen (secondary N) is 2. The number of anilines is 4. The van der Waals surface area contributed by atoms with Crippen LogP contribution in [0, 0.1) is 5.92 Å². The highest BCUT2D eigenvalue weighted by molar-refractivity contribution is 5.60. The summed E-state index contributed by atoms with van der Waals surface area (Å²) in [6, 6.07) is 76.7. The minimum atomic E-state index is 0.645. The molecule has 0 heterocycles. The molecule has 0 unspecified atom stereocenters. The van der Waals surface area contributed by atoms with Crippen molar-refractivity contribution in [2.75, 3.05) is 10.6 Å². The van der Waals surface area contributed by atoms with Crippen LogP contribution in [0.2, 0.25) is 0 Å². The minimum absolute atomic E-state index is 0.645. The molecule has 8 rings (SSSR count). The smallest absolute Gasteiger partial charge is 0.0384 e. The second-order valence-electron chi connectivity index (χ2n) is 18.2. The largest absolute Gasteiger partial charge is 0.356 e. The summed E-state index contributed by atoms with van der Waals surface area (Å²) in [5.41, 5.74) is 15.6. The first-order valence-electron chi connectivity index (χ1n) is 25.6. The van der Waals surface area contributed by atoms with Gasteiger partial charge in [-0.2, -0.15) is 0 Å². The first kappa shape index (κ1) is 56.7. The van der Waals surface area contributed by atoms with Gasteiger partial charge in [-0.1, -0.05) is 253 Å². The van der Waals surface area contributed by atoms with Gasteiger partial charge in [-0.15, -0.1) is 0 Å². The van der Waals surface area contributed by atoms with Crippen molar-refractivity contribution in [3.8, 4) is 0 Å². The molecule has 2 heteroatoms. The Morgan fingerprint density at radius 3 is 0.768 bits per heavy atom. The molecule has 2 N–H and O–H groups in total. The normalized spacial score (nSPS) is 10.1. The van der Waals surface area contributed by atoms with Gasteiger partial charge >= 0.3 is 0 Å². The van der Waals surface area contributed by atoms with E-state index in [1.165, 1.54) is 50.9 Å². The first-order valence-corrected chi connectivity index (χ1v) is 25.6. The van der Waals surface area contributed by atoms with Gasteiger partial charge in [0.2, 0.25) is 0 Å². The van der Waals surface area contributed by atoms with E-state index in [9.17, 15) is 0 Å². The van der Waals surface area contributed by atoms with Gasteiger partial charge in [-0.25, -0.2) is 0 Å². The Morgan fingerprint density at radius 2 is 0.493 bits per heavy atom. The van der Waals surface area contributed by atoms with Crippen molar-refractivity contribution in [2.24, 2.45) is 5.92 Å². The van der Waals surface area contributed by atoms with Crippen LogP contribution in [-0.2, 0) is 19.3 Å². The van der Waals surface area contributed by atoms with Crippen molar-refractivity contribution in [1.29, 1.82) is 0 Å². The molecule has 2 nitrogen and oxygen atoms in total. The predicted molar refractivity (Wildman–Crippen MR) is 307 cm³/mol. The van der Waals surface area contributed by atoms with E-state index < -0.39 is 0 Å². The van der Waals surface area contributed by atoms with E-state index >= 15 is 0 Å². The second-order valence-corrected chi connectivity index (χ2v) is 18.2. The summed E-state index contributed by atoms with van der Waals surface area (Å²) >= 11 is 0. The Balaban J connectivity index is 0.000000243. The average molecular weight is 917 g/mol. The number of para-hydroxylation sites is 2. The predicted octanol–water partition coefficient (Wildman–Crippen LogP) is 20.0. The molecule has 0 spiro atoms. The molecule has 0 aromatic heterocycles. The molecule has 0 bridgehead atoms. The Labute approximate surface area is 420 Å². The van der Waals surface area contributed by atoms with Crippen molar-refractivity contribution in [1.82, 2.24) is 0 Å². The van der Waals surface area contributed by atoms with Gasteiger partial charge in [-0.3, -0.25) is 0 Å². The van der Waals surface area contributed by atoms with Crippen molar-refractivity contribution in [3.63, 3.8) is 0 Å². The number of benzene rings is 8. The Bertz CT molecular complexity index is 2170. The third kappa shape index (κ3) is 22.8. The van der Waals surface area contributed by atoms with Crippen molar-refractivity contribution in [2.45, 2.75) is 120 Å². The molecule has 0 aliphatic heterocycles. The summed E-state index contributed by atoms with van der Waals surface area (Å²) in [6.07, 6.45) is 3.15. The Hall–Kier alpha value is -6.64. The highest BCUT2D eigenvalue weighted by Crippen LogP contribution is 2.22. The summed E-state index contributed by atoms with van der Waals surface area (Å²) in [6.45, 7) is 25.9. The third-order valence-electron chi connectivity index (χ3n) is 11.1. The first-order chi connectivity index (χ1) is 33.5. The molecule has 0 amide bonds. The maximum Gasteiger partial charge on any atom is 0.0384 e. The molecule has 69 heavy (non-hydrogen) atoms. The summed E-state index contributed by atoms with van der Waals surface area (Å²) in [5, 5.41) is 6.79. The van der Waals surface area contributed by atoms with Gasteiger partial charge in [0.05, 0.1) is 0 Å². The molecule has 0 aliphatic carbocycles. The van der Waals surface area contributed by atoms with E-state index in [0.717, 1.165) is 41.5 Å². The van der Waals surface area contributed by atoms with Crippen LogP contribution in [0.15, 0.2) is 218 Å². The van der Waals surface area contributed by atoms with Crippen molar-refractivity contribution >= 4 is 22.7 Å². The minimum Gasteiger partial charge on any atom is -0.356 e. The van der Waals surface area contributed by atoms with Crippen LogP contribution in [0.3, 0.4) is 0 Å². The molecule has 0 radical (unpaired) electrons. The van der Waals surface area contributed by atoms with Crippen molar-refractivity contribution in [3.05, 3.63) is 263 Å². The zero-order chi connectivity index (χ0) is 50.2. The highest BCUT2D eigenvalue weighted by Gasteiger charge is 2.03. The molecule has 362 valence electrons. The van der Waals surface area contributed by atoms with Crippen LogP contribution in [0.5, 0.6) is 0 Å². The van der Waals surface area contributed by atoms with E-state index in [-0.39, 0.29) is 0 Å². The number of rotatable bonds is 13. The van der Waals surface area contributed by atoms with E-state index in [2.05, 4.69) is 248 Å². The van der Waals surface area contributed by atoms with Gasteiger partial charge in [0.15, 0.2) is 0 Å². The van der Waals surface area contributed by atoms with Crippen LogP contribution in [0.4, 0.5) is 22.7 Å². The molecule has 8 aromatic carbocycles. The fraction of sp³-hybridized carbons (Fsp3) is 0.284. The quantitative estimate of drug-likeness (QED) is 0.120. The van der Waals surface area contributed by atoms with Gasteiger partial charge < -0.3 is 10.6 Å². The highest BCUT2D eigenvalue weighted by atomic mass is 14.9. The summed E-state index contributed by atoms with van der Waals surface area (Å²) in [4.78, 5) is 0. The molecule has 0 saturated heterocycles. The molecular weight excluding hydrogens is 833 g/mol. The SMILES string of the molecule is CC.CC.CC(C)Cc1ccc(C(C)C)cc1.CC(C)c1ccc(C(C)C)cc1.c1ccc(Cc2ccc(Nc3ccccc3)cc2)cc1.c1ccc(Cc2ccc(Nc3ccccc3)cc2)cc1. The monoisotopic (exact) mass is 917 g/mol. The van der Waals surface area contributed by atoms with Crippen LogP contribution < -0.4 is 10.6 Å². The third-order valence-corrected chi connectivity index (χ3v) is 11.1. The van der Waals surface area contributed by atoms with Gasteiger partial charge in [0, 0.05) is 22.7 Å².